The van der Waals surface area contributed by atoms with Crippen molar-refractivity contribution in [2.75, 3.05) is 10.6 Å². The molecule has 0 saturated carbocycles. The zero-order chi connectivity index (χ0) is 20.5. The molecule has 0 aliphatic rings. The predicted octanol–water partition coefficient (Wildman–Crippen LogP) is 2.82. The van der Waals surface area contributed by atoms with Gasteiger partial charge < -0.3 is 20.8 Å². The molecule has 0 unspecified atom stereocenters. The van der Waals surface area contributed by atoms with Crippen LogP contribution in [0.3, 0.4) is 0 Å². The van der Waals surface area contributed by atoms with Gasteiger partial charge in [0.15, 0.2) is 5.58 Å². The molecule has 0 aliphatic heterocycles. The second-order valence-electron chi connectivity index (χ2n) is 6.53. The minimum Gasteiger partial charge on any atom is -0.408 e. The lowest BCUT2D eigenvalue weighted by molar-refractivity contribution is 0.100. The Kier molecular flexibility index (Phi) is 4.47. The van der Waals surface area contributed by atoms with Gasteiger partial charge in [0.1, 0.15) is 5.82 Å². The Morgan fingerprint density at radius 1 is 1.10 bits per heavy atom. The van der Waals surface area contributed by atoms with Crippen LogP contribution in [0, 0.1) is 6.92 Å². The Hall–Kier alpha value is -4.14. The van der Waals surface area contributed by atoms with E-state index in [0.29, 0.717) is 28.4 Å². The molecule has 4 N–H and O–H groups in total. The number of aryl methyl sites for hydroxylation is 2. The van der Waals surface area contributed by atoms with Crippen LogP contribution in [0.25, 0.3) is 11.1 Å². The minimum absolute atomic E-state index is 0.390. The molecular weight excluding hydrogens is 372 g/mol. The number of rotatable bonds is 5. The first-order chi connectivity index (χ1) is 13.9. The first-order valence-corrected chi connectivity index (χ1v) is 8.78. The van der Waals surface area contributed by atoms with Gasteiger partial charge in [-0.25, -0.2) is 9.78 Å². The number of nitrogens with one attached hydrogen (secondary N) is 2. The van der Waals surface area contributed by atoms with Gasteiger partial charge >= 0.3 is 5.76 Å². The molecule has 2 aromatic heterocycles. The number of nitrogens with two attached hydrogens (primary N) is 1. The SMILES string of the molecule is Cc1cnc(Nc2ccc(C(N)=O)cc2)nc1Nc1ccc2oc(=O)n(C)c2c1. The van der Waals surface area contributed by atoms with Gasteiger partial charge in [0.25, 0.3) is 0 Å². The summed E-state index contributed by atoms with van der Waals surface area (Å²) in [6.07, 6.45) is 1.70. The van der Waals surface area contributed by atoms with E-state index in [-0.39, 0.29) is 0 Å². The number of benzene rings is 2. The summed E-state index contributed by atoms with van der Waals surface area (Å²) < 4.78 is 6.59. The van der Waals surface area contributed by atoms with Gasteiger partial charge in [-0.3, -0.25) is 9.36 Å². The van der Waals surface area contributed by atoms with Crippen molar-refractivity contribution >= 4 is 40.1 Å². The third-order valence-corrected chi connectivity index (χ3v) is 4.45. The molecule has 29 heavy (non-hydrogen) atoms. The van der Waals surface area contributed by atoms with Crippen molar-refractivity contribution in [3.8, 4) is 0 Å². The highest BCUT2D eigenvalue weighted by Gasteiger charge is 2.09. The molecule has 0 bridgehead atoms. The van der Waals surface area contributed by atoms with Crippen molar-refractivity contribution in [1.29, 1.82) is 0 Å². The molecule has 4 rings (SSSR count). The maximum atomic E-state index is 11.7. The molecule has 0 fully saturated rings. The molecule has 0 aliphatic carbocycles. The molecule has 0 spiro atoms. The third-order valence-electron chi connectivity index (χ3n) is 4.45. The van der Waals surface area contributed by atoms with Gasteiger partial charge in [-0.05, 0) is 49.4 Å². The molecule has 2 aromatic carbocycles. The molecule has 1 amide bonds. The van der Waals surface area contributed by atoms with Crippen molar-refractivity contribution in [1.82, 2.24) is 14.5 Å². The number of oxazole rings is 1. The number of carbonyl (C=O) groups excluding carboxylic acids is 1. The average molecular weight is 390 g/mol. The van der Waals surface area contributed by atoms with Crippen molar-refractivity contribution < 1.29 is 9.21 Å². The Balaban J connectivity index is 1.59. The quantitative estimate of drug-likeness (QED) is 0.478. The van der Waals surface area contributed by atoms with Crippen LogP contribution in [0.2, 0.25) is 0 Å². The normalized spacial score (nSPS) is 10.8. The summed E-state index contributed by atoms with van der Waals surface area (Å²) in [5.41, 5.74) is 9.20. The average Bonchev–Trinajstić information content (AvgIpc) is 2.99. The molecule has 0 atom stereocenters. The Morgan fingerprint density at radius 2 is 1.83 bits per heavy atom. The number of anilines is 4. The number of carbonyl (C=O) groups is 1. The van der Waals surface area contributed by atoms with Crippen LogP contribution in [0.1, 0.15) is 15.9 Å². The highest BCUT2D eigenvalue weighted by molar-refractivity contribution is 5.93. The van der Waals surface area contributed by atoms with Gasteiger partial charge in [-0.15, -0.1) is 0 Å². The summed E-state index contributed by atoms with van der Waals surface area (Å²) in [4.78, 5) is 31.6. The molecule has 9 nitrogen and oxygen atoms in total. The fourth-order valence-corrected chi connectivity index (χ4v) is 2.82. The van der Waals surface area contributed by atoms with Crippen LogP contribution in [0.5, 0.6) is 0 Å². The van der Waals surface area contributed by atoms with E-state index in [4.69, 9.17) is 10.2 Å². The van der Waals surface area contributed by atoms with E-state index >= 15 is 0 Å². The second kappa shape index (κ2) is 7.12. The van der Waals surface area contributed by atoms with Gasteiger partial charge in [0.2, 0.25) is 11.9 Å². The van der Waals surface area contributed by atoms with Gasteiger partial charge in [0, 0.05) is 35.7 Å². The molecule has 0 saturated heterocycles. The zero-order valence-corrected chi connectivity index (χ0v) is 15.8. The van der Waals surface area contributed by atoms with Crippen molar-refractivity contribution in [3.63, 3.8) is 0 Å². The van der Waals surface area contributed by atoms with E-state index in [1.807, 2.05) is 19.1 Å². The van der Waals surface area contributed by atoms with Gasteiger partial charge in [-0.1, -0.05) is 0 Å². The highest BCUT2D eigenvalue weighted by atomic mass is 16.4. The summed E-state index contributed by atoms with van der Waals surface area (Å²) >= 11 is 0. The van der Waals surface area contributed by atoms with Crippen molar-refractivity contribution in [2.24, 2.45) is 12.8 Å². The number of fused-ring (bicyclic) bond motifs is 1. The lowest BCUT2D eigenvalue weighted by Gasteiger charge is -2.11. The largest absolute Gasteiger partial charge is 0.419 e. The van der Waals surface area contributed by atoms with E-state index in [1.54, 1.807) is 43.6 Å². The van der Waals surface area contributed by atoms with Crippen LogP contribution in [0.15, 0.2) is 57.9 Å². The number of hydrogen-bond donors (Lipinski definition) is 3. The van der Waals surface area contributed by atoms with E-state index in [1.165, 1.54) is 4.57 Å². The van der Waals surface area contributed by atoms with Gasteiger partial charge in [-0.2, -0.15) is 4.98 Å². The minimum atomic E-state index is -0.485. The standard InChI is InChI=1S/C20H18N6O3/c1-11-10-22-19(24-13-5-3-12(4-6-13)17(21)27)25-18(11)23-14-7-8-16-15(9-14)26(2)20(28)29-16/h3-10H,1-2H3,(H2,21,27)(H2,22,23,24,25). The second-order valence-corrected chi connectivity index (χ2v) is 6.53. The molecule has 0 radical (unpaired) electrons. The van der Waals surface area contributed by atoms with Crippen LogP contribution in [-0.2, 0) is 7.05 Å². The lowest BCUT2D eigenvalue weighted by atomic mass is 10.2. The molecule has 4 aromatic rings. The van der Waals surface area contributed by atoms with Crippen molar-refractivity contribution in [2.45, 2.75) is 6.92 Å². The molecular formula is C20H18N6O3. The Morgan fingerprint density at radius 3 is 2.55 bits per heavy atom. The van der Waals surface area contributed by atoms with Gasteiger partial charge in [0.05, 0.1) is 5.52 Å². The first-order valence-electron chi connectivity index (χ1n) is 8.78. The summed E-state index contributed by atoms with van der Waals surface area (Å²) in [7, 11) is 1.65. The number of hydrogen-bond acceptors (Lipinski definition) is 7. The van der Waals surface area contributed by atoms with Crippen LogP contribution in [0.4, 0.5) is 23.1 Å². The molecule has 146 valence electrons. The van der Waals surface area contributed by atoms with E-state index in [2.05, 4.69) is 20.6 Å². The Bertz CT molecular complexity index is 1270. The fraction of sp³-hybridized carbons (Fsp3) is 0.100. The lowest BCUT2D eigenvalue weighted by Crippen LogP contribution is -2.10. The summed E-state index contributed by atoms with van der Waals surface area (Å²) in [6, 6.07) is 12.1. The Labute approximate surface area is 165 Å². The summed E-state index contributed by atoms with van der Waals surface area (Å²) in [5, 5.41) is 6.33. The molecule has 2 heterocycles. The third kappa shape index (κ3) is 3.65. The number of aromatic nitrogens is 3. The van der Waals surface area contributed by atoms with Crippen LogP contribution >= 0.6 is 0 Å². The zero-order valence-electron chi connectivity index (χ0n) is 15.8. The monoisotopic (exact) mass is 390 g/mol. The van der Waals surface area contributed by atoms with E-state index in [0.717, 1.165) is 16.9 Å². The highest BCUT2D eigenvalue weighted by Crippen LogP contribution is 2.24. The number of nitrogens with zero attached hydrogens (tertiary/aromatic N) is 3. The van der Waals surface area contributed by atoms with Crippen molar-refractivity contribution in [3.05, 3.63) is 70.3 Å². The fourth-order valence-electron chi connectivity index (χ4n) is 2.82. The number of amides is 1. The maximum Gasteiger partial charge on any atom is 0.419 e. The van der Waals surface area contributed by atoms with Crippen LogP contribution in [-0.4, -0.2) is 20.4 Å². The smallest absolute Gasteiger partial charge is 0.408 e. The van der Waals surface area contributed by atoms with E-state index in [9.17, 15) is 9.59 Å². The number of primary amides is 1. The summed E-state index contributed by atoms with van der Waals surface area (Å²) in [5.74, 6) is 0.108. The topological polar surface area (TPSA) is 128 Å². The van der Waals surface area contributed by atoms with E-state index < -0.39 is 11.7 Å². The first kappa shape index (κ1) is 18.2. The maximum absolute atomic E-state index is 11.7. The summed E-state index contributed by atoms with van der Waals surface area (Å²) in [6.45, 7) is 1.89. The molecule has 9 heteroatoms. The van der Waals surface area contributed by atoms with Crippen LogP contribution < -0.4 is 22.1 Å². The predicted molar refractivity (Wildman–Crippen MR) is 110 cm³/mol.